The van der Waals surface area contributed by atoms with Crippen molar-refractivity contribution in [3.05, 3.63) is 59.7 Å². The Morgan fingerprint density at radius 1 is 1.12 bits per heavy atom. The highest BCUT2D eigenvalue weighted by atomic mass is 32.2. The van der Waals surface area contributed by atoms with Crippen LogP contribution in [0.4, 0.5) is 0 Å². The average molecular weight is 371 g/mol. The Kier molecular flexibility index (Phi) is 5.08. The first kappa shape index (κ1) is 18.1. The molecule has 1 amide bonds. The summed E-state index contributed by atoms with van der Waals surface area (Å²) in [5.41, 5.74) is 3.54. The van der Waals surface area contributed by atoms with E-state index >= 15 is 0 Å². The molecule has 0 atom stereocenters. The van der Waals surface area contributed by atoms with E-state index in [1.807, 2.05) is 31.2 Å². The molecule has 0 aliphatic carbocycles. The van der Waals surface area contributed by atoms with Crippen LogP contribution in [0, 0.1) is 6.92 Å². The molecule has 1 heterocycles. The lowest BCUT2D eigenvalue weighted by Crippen LogP contribution is -2.30. The molecule has 7 heteroatoms. The number of carbonyl (C=O) groups excluding carboxylic acids is 1. The smallest absolute Gasteiger partial charge is 0.240 e. The van der Waals surface area contributed by atoms with Gasteiger partial charge in [0, 0.05) is 12.8 Å². The minimum absolute atomic E-state index is 0.0866. The molecule has 1 aromatic heterocycles. The lowest BCUT2D eigenvalue weighted by atomic mass is 10.1. The first-order chi connectivity index (χ1) is 12.4. The second-order valence-corrected chi connectivity index (χ2v) is 8.18. The maximum absolute atomic E-state index is 12.4. The van der Waals surface area contributed by atoms with E-state index < -0.39 is 9.84 Å². The molecule has 136 valence electrons. The standard InChI is InChI=1S/C19H21N3O3S/c1-14-7-3-4-8-15(14)11-12-20-18(23)13-22-17-10-6-5-9-16(17)21-19(22)26(2,24)25/h3-10H,11-13H2,1-2H3,(H,20,23). The van der Waals surface area contributed by atoms with Gasteiger partial charge in [0.05, 0.1) is 11.0 Å². The molecule has 0 bridgehead atoms. The SMILES string of the molecule is Cc1ccccc1CCNC(=O)Cn1c(S(C)(=O)=O)nc2ccccc21. The Balaban J connectivity index is 1.74. The molecule has 0 spiro atoms. The van der Waals surface area contributed by atoms with E-state index in [9.17, 15) is 13.2 Å². The van der Waals surface area contributed by atoms with E-state index in [1.165, 1.54) is 15.7 Å². The number of aromatic nitrogens is 2. The van der Waals surface area contributed by atoms with Crippen LogP contribution < -0.4 is 5.32 Å². The summed E-state index contributed by atoms with van der Waals surface area (Å²) in [6.07, 6.45) is 1.82. The number of fused-ring (bicyclic) bond motifs is 1. The molecule has 0 aliphatic rings. The van der Waals surface area contributed by atoms with Gasteiger partial charge >= 0.3 is 0 Å². The summed E-state index contributed by atoms with van der Waals surface area (Å²) < 4.78 is 25.5. The molecule has 6 nitrogen and oxygen atoms in total. The molecule has 3 rings (SSSR count). The second kappa shape index (κ2) is 7.29. The number of sulfone groups is 1. The Morgan fingerprint density at radius 2 is 1.81 bits per heavy atom. The van der Waals surface area contributed by atoms with Crippen LogP contribution in [0.3, 0.4) is 0 Å². The van der Waals surface area contributed by atoms with Gasteiger partial charge in [-0.3, -0.25) is 4.79 Å². The fourth-order valence-electron chi connectivity index (χ4n) is 2.92. The molecule has 0 fully saturated rings. The molecule has 0 aliphatic heterocycles. The van der Waals surface area contributed by atoms with E-state index in [1.54, 1.807) is 24.3 Å². The summed E-state index contributed by atoms with van der Waals surface area (Å²) in [5, 5.41) is 2.77. The number of rotatable bonds is 6. The largest absolute Gasteiger partial charge is 0.354 e. The van der Waals surface area contributed by atoms with Crippen LogP contribution in [0.25, 0.3) is 11.0 Å². The topological polar surface area (TPSA) is 81.1 Å². The summed E-state index contributed by atoms with van der Waals surface area (Å²) in [6.45, 7) is 2.44. The van der Waals surface area contributed by atoms with Crippen molar-refractivity contribution in [2.45, 2.75) is 25.0 Å². The third-order valence-corrected chi connectivity index (χ3v) is 5.21. The van der Waals surface area contributed by atoms with Gasteiger partial charge in [0.2, 0.25) is 20.9 Å². The van der Waals surface area contributed by atoms with Gasteiger partial charge < -0.3 is 9.88 Å². The molecule has 26 heavy (non-hydrogen) atoms. The third-order valence-electron chi connectivity index (χ3n) is 4.23. The zero-order chi connectivity index (χ0) is 18.7. The number of amides is 1. The Hall–Kier alpha value is -2.67. The van der Waals surface area contributed by atoms with Crippen molar-refractivity contribution in [3.8, 4) is 0 Å². The number of para-hydroxylation sites is 2. The number of carbonyl (C=O) groups is 1. The molecular formula is C19H21N3O3S. The number of hydrogen-bond donors (Lipinski definition) is 1. The highest BCUT2D eigenvalue weighted by Gasteiger charge is 2.20. The minimum atomic E-state index is -3.54. The summed E-state index contributed by atoms with van der Waals surface area (Å²) in [5.74, 6) is -0.244. The molecular weight excluding hydrogens is 350 g/mol. The van der Waals surface area contributed by atoms with Crippen LogP contribution in [-0.2, 0) is 27.6 Å². The predicted octanol–water partition coefficient (Wildman–Crippen LogP) is 2.11. The quantitative estimate of drug-likeness (QED) is 0.720. The van der Waals surface area contributed by atoms with Gasteiger partial charge in [0.15, 0.2) is 0 Å². The highest BCUT2D eigenvalue weighted by Crippen LogP contribution is 2.19. The number of nitrogens with one attached hydrogen (secondary N) is 1. The van der Waals surface area contributed by atoms with Crippen LogP contribution in [0.1, 0.15) is 11.1 Å². The molecule has 0 unspecified atom stereocenters. The van der Waals surface area contributed by atoms with E-state index in [0.717, 1.165) is 12.7 Å². The predicted molar refractivity (Wildman–Crippen MR) is 101 cm³/mol. The van der Waals surface area contributed by atoms with Crippen molar-refractivity contribution in [3.63, 3.8) is 0 Å². The van der Waals surface area contributed by atoms with Crippen molar-refractivity contribution in [1.82, 2.24) is 14.9 Å². The molecule has 0 saturated heterocycles. The highest BCUT2D eigenvalue weighted by molar-refractivity contribution is 7.90. The lowest BCUT2D eigenvalue weighted by Gasteiger charge is -2.10. The molecule has 0 radical (unpaired) electrons. The number of aryl methyl sites for hydroxylation is 1. The minimum Gasteiger partial charge on any atom is -0.354 e. The van der Waals surface area contributed by atoms with Crippen molar-refractivity contribution < 1.29 is 13.2 Å². The van der Waals surface area contributed by atoms with Gasteiger partial charge in [-0.05, 0) is 36.6 Å². The Bertz CT molecular complexity index is 1050. The van der Waals surface area contributed by atoms with Gasteiger partial charge in [-0.15, -0.1) is 0 Å². The maximum Gasteiger partial charge on any atom is 0.240 e. The summed E-state index contributed by atoms with van der Waals surface area (Å²) >= 11 is 0. The van der Waals surface area contributed by atoms with Crippen LogP contribution in [0.15, 0.2) is 53.7 Å². The fourth-order valence-corrected chi connectivity index (χ4v) is 3.74. The van der Waals surface area contributed by atoms with Crippen molar-refractivity contribution >= 4 is 26.8 Å². The Morgan fingerprint density at radius 3 is 2.54 bits per heavy atom. The number of hydrogen-bond acceptors (Lipinski definition) is 4. The van der Waals surface area contributed by atoms with Crippen molar-refractivity contribution in [2.75, 3.05) is 12.8 Å². The van der Waals surface area contributed by atoms with Crippen molar-refractivity contribution in [1.29, 1.82) is 0 Å². The molecule has 0 saturated carbocycles. The van der Waals surface area contributed by atoms with Crippen molar-refractivity contribution in [2.24, 2.45) is 0 Å². The zero-order valence-corrected chi connectivity index (χ0v) is 15.6. The van der Waals surface area contributed by atoms with E-state index in [0.29, 0.717) is 17.6 Å². The Labute approximate surface area is 152 Å². The first-order valence-corrected chi connectivity index (χ1v) is 10.2. The molecule has 3 aromatic rings. The van der Waals surface area contributed by atoms with Gasteiger partial charge in [-0.2, -0.15) is 0 Å². The molecule has 2 aromatic carbocycles. The van der Waals surface area contributed by atoms with Crippen LogP contribution >= 0.6 is 0 Å². The van der Waals surface area contributed by atoms with Crippen LogP contribution in [0.2, 0.25) is 0 Å². The number of imidazole rings is 1. The van der Waals surface area contributed by atoms with Crippen LogP contribution in [0.5, 0.6) is 0 Å². The summed E-state index contributed by atoms with van der Waals surface area (Å²) in [4.78, 5) is 16.5. The maximum atomic E-state index is 12.4. The van der Waals surface area contributed by atoms with Gasteiger partial charge in [0.1, 0.15) is 6.54 Å². The normalized spacial score (nSPS) is 11.6. The van der Waals surface area contributed by atoms with Gasteiger partial charge in [0.25, 0.3) is 0 Å². The molecule has 1 N–H and O–H groups in total. The lowest BCUT2D eigenvalue weighted by molar-refractivity contribution is -0.121. The van der Waals surface area contributed by atoms with Gasteiger partial charge in [-0.25, -0.2) is 13.4 Å². The first-order valence-electron chi connectivity index (χ1n) is 8.33. The average Bonchev–Trinajstić information content (AvgIpc) is 2.96. The fraction of sp³-hybridized carbons (Fsp3) is 0.263. The zero-order valence-electron chi connectivity index (χ0n) is 14.8. The monoisotopic (exact) mass is 371 g/mol. The third kappa shape index (κ3) is 3.94. The number of benzene rings is 2. The van der Waals surface area contributed by atoms with E-state index in [4.69, 9.17) is 0 Å². The van der Waals surface area contributed by atoms with E-state index in [-0.39, 0.29) is 17.6 Å². The van der Waals surface area contributed by atoms with Gasteiger partial charge in [-0.1, -0.05) is 36.4 Å². The second-order valence-electron chi connectivity index (χ2n) is 6.27. The summed E-state index contributed by atoms with van der Waals surface area (Å²) in [7, 11) is -3.54. The summed E-state index contributed by atoms with van der Waals surface area (Å²) in [6, 6.07) is 15.1. The number of nitrogens with zero attached hydrogens (tertiary/aromatic N) is 2. The van der Waals surface area contributed by atoms with E-state index in [2.05, 4.69) is 10.3 Å². The van der Waals surface area contributed by atoms with Crippen LogP contribution in [-0.4, -0.2) is 36.7 Å².